The van der Waals surface area contributed by atoms with Gasteiger partial charge in [0.25, 0.3) is 0 Å². The zero-order valence-corrected chi connectivity index (χ0v) is 25.7. The minimum atomic E-state index is -0.436. The predicted molar refractivity (Wildman–Crippen MR) is 170 cm³/mol. The zero-order valence-electron chi connectivity index (χ0n) is 25.7. The van der Waals surface area contributed by atoms with Gasteiger partial charge >= 0.3 is 11.9 Å². The molecule has 1 atom stereocenters. The fourth-order valence-electron chi connectivity index (χ4n) is 4.92. The largest absolute Gasteiger partial charge is 0.491 e. The summed E-state index contributed by atoms with van der Waals surface area (Å²) in [6, 6.07) is 21.8. The van der Waals surface area contributed by atoms with Gasteiger partial charge in [-0.1, -0.05) is 102 Å². The van der Waals surface area contributed by atoms with Crippen molar-refractivity contribution in [2.45, 2.75) is 110 Å². The van der Waals surface area contributed by atoms with E-state index in [0.29, 0.717) is 23.5 Å². The number of unbranched alkanes of at least 4 members (excludes halogenated alkanes) is 9. The third-order valence-corrected chi connectivity index (χ3v) is 7.36. The van der Waals surface area contributed by atoms with Crippen LogP contribution in [-0.2, 0) is 4.79 Å². The van der Waals surface area contributed by atoms with Gasteiger partial charge in [0.05, 0.1) is 11.7 Å². The van der Waals surface area contributed by atoms with Crippen LogP contribution in [0.3, 0.4) is 0 Å². The monoisotopic (exact) mass is 572 g/mol. The molecule has 42 heavy (non-hydrogen) atoms. The molecule has 3 aromatic rings. The van der Waals surface area contributed by atoms with Crippen LogP contribution < -0.4 is 14.2 Å². The summed E-state index contributed by atoms with van der Waals surface area (Å²) in [5.41, 5.74) is 2.05. The minimum absolute atomic E-state index is 0.141. The summed E-state index contributed by atoms with van der Waals surface area (Å²) in [7, 11) is 0. The maximum Gasteiger partial charge on any atom is 0.344 e. The van der Waals surface area contributed by atoms with E-state index in [9.17, 15) is 9.59 Å². The molecule has 0 saturated heterocycles. The molecule has 0 aliphatic carbocycles. The lowest BCUT2D eigenvalue weighted by Crippen LogP contribution is -2.12. The second-order valence-corrected chi connectivity index (χ2v) is 11.1. The van der Waals surface area contributed by atoms with Crippen molar-refractivity contribution in [3.8, 4) is 28.4 Å². The second kappa shape index (κ2) is 18.8. The molecule has 1 unspecified atom stereocenters. The first-order valence-corrected chi connectivity index (χ1v) is 15.9. The Bertz CT molecular complexity index is 1200. The minimum Gasteiger partial charge on any atom is -0.491 e. The van der Waals surface area contributed by atoms with Crippen molar-refractivity contribution in [3.63, 3.8) is 0 Å². The highest BCUT2D eigenvalue weighted by Crippen LogP contribution is 2.28. The molecule has 0 radical (unpaired) electrons. The van der Waals surface area contributed by atoms with Crippen molar-refractivity contribution in [3.05, 3.63) is 78.4 Å². The summed E-state index contributed by atoms with van der Waals surface area (Å²) < 4.78 is 17.2. The van der Waals surface area contributed by atoms with E-state index in [0.717, 1.165) is 42.6 Å². The molecule has 0 aromatic heterocycles. The molecular weight excluding hydrogens is 524 g/mol. The van der Waals surface area contributed by atoms with E-state index in [1.54, 1.807) is 30.3 Å². The van der Waals surface area contributed by atoms with Crippen LogP contribution in [0.15, 0.2) is 72.8 Å². The Hall–Kier alpha value is -3.60. The van der Waals surface area contributed by atoms with Crippen LogP contribution in [0.1, 0.15) is 115 Å². The molecule has 0 heterocycles. The maximum absolute atomic E-state index is 13.1. The quantitative estimate of drug-likeness (QED) is 0.0812. The standard InChI is InChI=1S/C37H48O5/c1-4-6-8-10-11-12-14-20-36(38)41-32-23-21-30(22-24-32)34-18-15-16-19-35(34)37(39)42-33-27-25-31(26-28-33)40-29(3)17-13-9-7-5-2/h15-16,18-19,21-29H,4-14,17,20H2,1-3H3. The fraction of sp³-hybridized carbons (Fsp3) is 0.459. The highest BCUT2D eigenvalue weighted by molar-refractivity contribution is 5.98. The van der Waals surface area contributed by atoms with E-state index in [-0.39, 0.29) is 12.1 Å². The normalized spacial score (nSPS) is 11.6. The van der Waals surface area contributed by atoms with E-state index < -0.39 is 5.97 Å². The zero-order chi connectivity index (χ0) is 30.0. The van der Waals surface area contributed by atoms with E-state index in [2.05, 4.69) is 20.8 Å². The summed E-state index contributed by atoms with van der Waals surface area (Å²) in [4.78, 5) is 25.4. The van der Waals surface area contributed by atoms with E-state index in [4.69, 9.17) is 14.2 Å². The molecule has 5 nitrogen and oxygen atoms in total. The Kier molecular flexibility index (Phi) is 14.7. The number of ether oxygens (including phenoxy) is 3. The highest BCUT2D eigenvalue weighted by Gasteiger charge is 2.16. The molecule has 3 aromatic carbocycles. The fourth-order valence-corrected chi connectivity index (χ4v) is 4.92. The van der Waals surface area contributed by atoms with Gasteiger partial charge in [-0.15, -0.1) is 0 Å². The third kappa shape index (κ3) is 11.7. The lowest BCUT2D eigenvalue weighted by Gasteiger charge is -2.15. The topological polar surface area (TPSA) is 61.8 Å². The molecule has 0 saturated carbocycles. The number of hydrogen-bond donors (Lipinski definition) is 0. The van der Waals surface area contributed by atoms with Crippen LogP contribution in [-0.4, -0.2) is 18.0 Å². The first kappa shape index (κ1) is 32.9. The van der Waals surface area contributed by atoms with Crippen molar-refractivity contribution in [2.75, 3.05) is 0 Å². The first-order valence-electron chi connectivity index (χ1n) is 15.9. The molecule has 0 aliphatic rings. The number of esters is 2. The van der Waals surface area contributed by atoms with Crippen molar-refractivity contribution in [1.29, 1.82) is 0 Å². The van der Waals surface area contributed by atoms with Crippen LogP contribution in [0.2, 0.25) is 0 Å². The van der Waals surface area contributed by atoms with Gasteiger partial charge in [0.1, 0.15) is 17.2 Å². The van der Waals surface area contributed by atoms with Crippen molar-refractivity contribution >= 4 is 11.9 Å². The average molecular weight is 573 g/mol. The summed E-state index contributed by atoms with van der Waals surface area (Å²) in [6.45, 7) is 6.51. The summed E-state index contributed by atoms with van der Waals surface area (Å²) in [5, 5.41) is 0. The van der Waals surface area contributed by atoms with Crippen molar-refractivity contribution < 1.29 is 23.8 Å². The number of hydrogen-bond acceptors (Lipinski definition) is 5. The SMILES string of the molecule is CCCCCCCCCC(=O)Oc1ccc(-c2ccccc2C(=O)Oc2ccc(OC(C)CCCCCC)cc2)cc1. The number of benzene rings is 3. The van der Waals surface area contributed by atoms with Gasteiger partial charge in [-0.25, -0.2) is 4.79 Å². The molecule has 0 fully saturated rings. The van der Waals surface area contributed by atoms with Gasteiger partial charge in [0, 0.05) is 6.42 Å². The molecular formula is C37H48O5. The van der Waals surface area contributed by atoms with Gasteiger partial charge in [0.15, 0.2) is 0 Å². The predicted octanol–water partition coefficient (Wildman–Crippen LogP) is 10.4. The van der Waals surface area contributed by atoms with Crippen LogP contribution >= 0.6 is 0 Å². The average Bonchev–Trinajstić information content (AvgIpc) is 3.00. The van der Waals surface area contributed by atoms with E-state index in [1.807, 2.05) is 42.5 Å². The smallest absolute Gasteiger partial charge is 0.344 e. The van der Waals surface area contributed by atoms with Gasteiger partial charge in [0.2, 0.25) is 0 Å². The lowest BCUT2D eigenvalue weighted by atomic mass is 9.99. The van der Waals surface area contributed by atoms with Gasteiger partial charge in [-0.2, -0.15) is 0 Å². The highest BCUT2D eigenvalue weighted by atomic mass is 16.5. The molecule has 0 spiro atoms. The Labute approximate surface area is 252 Å². The van der Waals surface area contributed by atoms with Crippen molar-refractivity contribution in [2.24, 2.45) is 0 Å². The Balaban J connectivity index is 1.51. The van der Waals surface area contributed by atoms with Crippen LogP contribution in [0.4, 0.5) is 0 Å². The first-order chi connectivity index (χ1) is 20.5. The molecule has 3 rings (SSSR count). The molecule has 0 amide bonds. The Morgan fingerprint density at radius 2 is 1.17 bits per heavy atom. The van der Waals surface area contributed by atoms with Gasteiger partial charge in [-0.05, 0) is 79.8 Å². The van der Waals surface area contributed by atoms with Crippen LogP contribution in [0, 0.1) is 0 Å². The van der Waals surface area contributed by atoms with E-state index >= 15 is 0 Å². The molecule has 0 N–H and O–H groups in total. The molecule has 0 bridgehead atoms. The summed E-state index contributed by atoms with van der Waals surface area (Å²) >= 11 is 0. The number of rotatable bonds is 19. The second-order valence-electron chi connectivity index (χ2n) is 11.1. The maximum atomic E-state index is 13.1. The molecule has 5 heteroatoms. The third-order valence-electron chi connectivity index (χ3n) is 7.36. The van der Waals surface area contributed by atoms with Gasteiger partial charge in [-0.3, -0.25) is 4.79 Å². The Morgan fingerprint density at radius 3 is 1.86 bits per heavy atom. The molecule has 226 valence electrons. The van der Waals surface area contributed by atoms with Crippen LogP contribution in [0.5, 0.6) is 17.2 Å². The number of carbonyl (C=O) groups is 2. The van der Waals surface area contributed by atoms with E-state index in [1.165, 1.54) is 51.4 Å². The summed E-state index contributed by atoms with van der Waals surface area (Å²) in [6.07, 6.45) is 14.6. The van der Waals surface area contributed by atoms with Gasteiger partial charge < -0.3 is 14.2 Å². The summed E-state index contributed by atoms with van der Waals surface area (Å²) in [5.74, 6) is 1.08. The lowest BCUT2D eigenvalue weighted by molar-refractivity contribution is -0.134. The number of carbonyl (C=O) groups excluding carboxylic acids is 2. The Morgan fingerprint density at radius 1 is 0.619 bits per heavy atom. The molecule has 0 aliphatic heterocycles. The van der Waals surface area contributed by atoms with Crippen LogP contribution in [0.25, 0.3) is 11.1 Å². The van der Waals surface area contributed by atoms with Crippen molar-refractivity contribution in [1.82, 2.24) is 0 Å².